The number of nitrogens with zero attached hydrogens (tertiary/aromatic N) is 1. The third kappa shape index (κ3) is 3.24. The van der Waals surface area contributed by atoms with Crippen LogP contribution in [0.1, 0.15) is 19.4 Å². The lowest BCUT2D eigenvalue weighted by Crippen LogP contribution is -2.30. The Morgan fingerprint density at radius 3 is 2.50 bits per heavy atom. The zero-order valence-electron chi connectivity index (χ0n) is 9.84. The number of rotatable bonds is 4. The van der Waals surface area contributed by atoms with Crippen LogP contribution in [0, 0.1) is 6.92 Å². The summed E-state index contributed by atoms with van der Waals surface area (Å²) in [5.41, 5.74) is 1.78. The van der Waals surface area contributed by atoms with Crippen LogP contribution in [0.25, 0.3) is 0 Å². The first kappa shape index (κ1) is 13.6. The van der Waals surface area contributed by atoms with E-state index in [0.29, 0.717) is 10.3 Å². The number of aryl methyl sites for hydroxylation is 1. The van der Waals surface area contributed by atoms with Crippen LogP contribution in [0.3, 0.4) is 0 Å². The molecule has 0 saturated heterocycles. The number of anilines is 1. The molecule has 0 aliphatic carbocycles. The largest absolute Gasteiger partial charge is 0.380 e. The predicted molar refractivity (Wildman–Crippen MR) is 68.5 cm³/mol. The number of aromatic nitrogens is 1. The highest BCUT2D eigenvalue weighted by atomic mass is 35.5. The molecule has 2 unspecified atom stereocenters. The molecule has 1 aromatic rings. The van der Waals surface area contributed by atoms with Gasteiger partial charge >= 0.3 is 0 Å². The molecule has 1 rings (SSSR count). The van der Waals surface area contributed by atoms with Crippen molar-refractivity contribution < 1.29 is 4.74 Å². The van der Waals surface area contributed by atoms with Gasteiger partial charge in [-0.05, 0) is 32.4 Å². The van der Waals surface area contributed by atoms with Gasteiger partial charge in [-0.25, -0.2) is 4.98 Å². The summed E-state index contributed by atoms with van der Waals surface area (Å²) in [7, 11) is 1.68. The second-order valence-electron chi connectivity index (χ2n) is 3.80. The maximum Gasteiger partial charge on any atom is 0.154 e. The first-order chi connectivity index (χ1) is 7.45. The van der Waals surface area contributed by atoms with Crippen LogP contribution >= 0.6 is 23.2 Å². The Morgan fingerprint density at radius 1 is 1.38 bits per heavy atom. The lowest BCUT2D eigenvalue weighted by molar-refractivity contribution is 0.106. The van der Waals surface area contributed by atoms with Crippen molar-refractivity contribution in [1.29, 1.82) is 0 Å². The molecule has 2 atom stereocenters. The maximum atomic E-state index is 6.03. The molecule has 90 valence electrons. The molecule has 1 aromatic heterocycles. The topological polar surface area (TPSA) is 34.1 Å². The van der Waals surface area contributed by atoms with E-state index in [1.807, 2.05) is 20.8 Å². The van der Waals surface area contributed by atoms with Crippen molar-refractivity contribution in [1.82, 2.24) is 4.98 Å². The number of ether oxygens (including phenoxy) is 1. The molecule has 1 heterocycles. The lowest BCUT2D eigenvalue weighted by Gasteiger charge is -2.22. The van der Waals surface area contributed by atoms with Crippen molar-refractivity contribution >= 4 is 28.9 Å². The third-order valence-electron chi connectivity index (χ3n) is 2.59. The van der Waals surface area contributed by atoms with E-state index in [9.17, 15) is 0 Å². The van der Waals surface area contributed by atoms with E-state index in [1.54, 1.807) is 13.2 Å². The number of pyridine rings is 1. The number of methoxy groups -OCH3 is 1. The van der Waals surface area contributed by atoms with E-state index >= 15 is 0 Å². The molecule has 5 heteroatoms. The second kappa shape index (κ2) is 5.71. The minimum atomic E-state index is 0.0890. The van der Waals surface area contributed by atoms with Gasteiger partial charge in [-0.1, -0.05) is 23.2 Å². The summed E-state index contributed by atoms with van der Waals surface area (Å²) in [5.74, 6) is 0. The molecular formula is C11H16Cl2N2O. The maximum absolute atomic E-state index is 6.03. The van der Waals surface area contributed by atoms with Gasteiger partial charge in [0, 0.05) is 13.2 Å². The first-order valence-corrected chi connectivity index (χ1v) is 5.83. The number of halogens is 2. The summed E-state index contributed by atoms with van der Waals surface area (Å²) in [4.78, 5) is 4.00. The molecule has 0 saturated carbocycles. The highest BCUT2D eigenvalue weighted by molar-refractivity contribution is 6.34. The van der Waals surface area contributed by atoms with Crippen molar-refractivity contribution in [2.75, 3.05) is 12.4 Å². The zero-order valence-corrected chi connectivity index (χ0v) is 11.4. The minimum absolute atomic E-state index is 0.0890. The zero-order chi connectivity index (χ0) is 12.3. The second-order valence-corrected chi connectivity index (χ2v) is 4.55. The molecule has 0 aliphatic heterocycles. The van der Waals surface area contributed by atoms with Crippen LogP contribution in [0.2, 0.25) is 10.3 Å². The van der Waals surface area contributed by atoms with Crippen molar-refractivity contribution in [2.45, 2.75) is 32.9 Å². The average molecular weight is 263 g/mol. The smallest absolute Gasteiger partial charge is 0.154 e. The standard InChI is InChI=1S/C11H16Cl2N2O/c1-6-5-9(12)15-11(13)10(6)14-7(2)8(3)16-4/h5,7-8,14H,1-4H3. The fourth-order valence-corrected chi connectivity index (χ4v) is 1.90. The van der Waals surface area contributed by atoms with Gasteiger partial charge in [0.1, 0.15) is 5.15 Å². The molecule has 1 N–H and O–H groups in total. The fraction of sp³-hybridized carbons (Fsp3) is 0.545. The molecule has 0 aromatic carbocycles. The van der Waals surface area contributed by atoms with Gasteiger partial charge in [0.25, 0.3) is 0 Å². The SMILES string of the molecule is COC(C)C(C)Nc1c(C)cc(Cl)nc1Cl. The Morgan fingerprint density at radius 2 is 2.00 bits per heavy atom. The van der Waals surface area contributed by atoms with Crippen LogP contribution in [0.15, 0.2) is 6.07 Å². The molecule has 0 spiro atoms. The molecule has 16 heavy (non-hydrogen) atoms. The van der Waals surface area contributed by atoms with Crippen molar-refractivity contribution in [3.05, 3.63) is 21.9 Å². The first-order valence-electron chi connectivity index (χ1n) is 5.07. The monoisotopic (exact) mass is 262 g/mol. The Bertz CT molecular complexity index is 348. The Labute approximate surface area is 106 Å². The molecular weight excluding hydrogens is 247 g/mol. The summed E-state index contributed by atoms with van der Waals surface area (Å²) < 4.78 is 5.24. The van der Waals surface area contributed by atoms with Gasteiger partial charge in [-0.2, -0.15) is 0 Å². The number of nitrogens with one attached hydrogen (secondary N) is 1. The normalized spacial score (nSPS) is 14.6. The van der Waals surface area contributed by atoms with E-state index in [0.717, 1.165) is 11.3 Å². The van der Waals surface area contributed by atoms with Crippen molar-refractivity contribution in [3.8, 4) is 0 Å². The van der Waals surface area contributed by atoms with Crippen molar-refractivity contribution in [2.24, 2.45) is 0 Å². The van der Waals surface area contributed by atoms with Gasteiger partial charge in [0.2, 0.25) is 0 Å². The van der Waals surface area contributed by atoms with E-state index < -0.39 is 0 Å². The predicted octanol–water partition coefficient (Wildman–Crippen LogP) is 3.53. The minimum Gasteiger partial charge on any atom is -0.380 e. The molecule has 0 amide bonds. The van der Waals surface area contributed by atoms with Gasteiger partial charge in [0.15, 0.2) is 5.15 Å². The number of hydrogen-bond acceptors (Lipinski definition) is 3. The van der Waals surface area contributed by atoms with Gasteiger partial charge in [-0.15, -0.1) is 0 Å². The molecule has 0 aliphatic rings. The fourth-order valence-electron chi connectivity index (χ4n) is 1.32. The van der Waals surface area contributed by atoms with Crippen LogP contribution in [0.5, 0.6) is 0 Å². The summed E-state index contributed by atoms with van der Waals surface area (Å²) in [5, 5.41) is 4.07. The summed E-state index contributed by atoms with van der Waals surface area (Å²) in [6, 6.07) is 1.92. The molecule has 3 nitrogen and oxygen atoms in total. The van der Waals surface area contributed by atoms with Gasteiger partial charge in [-0.3, -0.25) is 0 Å². The van der Waals surface area contributed by atoms with E-state index in [-0.39, 0.29) is 12.1 Å². The highest BCUT2D eigenvalue weighted by Gasteiger charge is 2.15. The third-order valence-corrected chi connectivity index (χ3v) is 3.06. The van der Waals surface area contributed by atoms with E-state index in [1.165, 1.54) is 0 Å². The molecule has 0 fully saturated rings. The summed E-state index contributed by atoms with van der Waals surface area (Å²) in [6.07, 6.45) is 0.0890. The van der Waals surface area contributed by atoms with Crippen LogP contribution in [-0.2, 0) is 4.74 Å². The van der Waals surface area contributed by atoms with Crippen molar-refractivity contribution in [3.63, 3.8) is 0 Å². The Hall–Kier alpha value is -0.510. The lowest BCUT2D eigenvalue weighted by atomic mass is 10.2. The highest BCUT2D eigenvalue weighted by Crippen LogP contribution is 2.27. The summed E-state index contributed by atoms with van der Waals surface area (Å²) in [6.45, 7) is 5.95. The Kier molecular flexibility index (Phi) is 4.84. The van der Waals surface area contributed by atoms with Gasteiger partial charge in [0.05, 0.1) is 11.8 Å². The van der Waals surface area contributed by atoms with Crippen LogP contribution in [-0.4, -0.2) is 24.2 Å². The number of hydrogen-bond donors (Lipinski definition) is 1. The molecule has 0 radical (unpaired) electrons. The van der Waals surface area contributed by atoms with E-state index in [4.69, 9.17) is 27.9 Å². The van der Waals surface area contributed by atoms with Gasteiger partial charge < -0.3 is 10.1 Å². The quantitative estimate of drug-likeness (QED) is 0.844. The average Bonchev–Trinajstić information content (AvgIpc) is 2.21. The van der Waals surface area contributed by atoms with Crippen LogP contribution in [0.4, 0.5) is 5.69 Å². The van der Waals surface area contributed by atoms with Crippen LogP contribution < -0.4 is 5.32 Å². The van der Waals surface area contributed by atoms with E-state index in [2.05, 4.69) is 10.3 Å². The Balaban J connectivity index is 2.89. The molecule has 0 bridgehead atoms. The summed E-state index contributed by atoms with van der Waals surface area (Å²) >= 11 is 11.8.